The van der Waals surface area contributed by atoms with Crippen molar-refractivity contribution < 1.29 is 4.79 Å². The second-order valence-corrected chi connectivity index (χ2v) is 6.13. The molecule has 1 aliphatic heterocycles. The molecular formula is C16H15N3OS. The lowest BCUT2D eigenvalue weighted by Gasteiger charge is -2.29. The molecule has 0 aliphatic carbocycles. The topological polar surface area (TPSA) is 70.1 Å². The van der Waals surface area contributed by atoms with E-state index in [1.807, 2.05) is 12.1 Å². The van der Waals surface area contributed by atoms with Gasteiger partial charge in [0, 0.05) is 20.0 Å². The van der Waals surface area contributed by atoms with Gasteiger partial charge in [-0.3, -0.25) is 4.79 Å². The fourth-order valence-corrected chi connectivity index (χ4v) is 3.78. The highest BCUT2D eigenvalue weighted by Gasteiger charge is 2.25. The molecule has 3 rings (SSSR count). The van der Waals surface area contributed by atoms with Crippen molar-refractivity contribution in [1.82, 2.24) is 0 Å². The number of anilines is 2. The predicted octanol–water partition coefficient (Wildman–Crippen LogP) is 2.97. The molecule has 2 heterocycles. The number of hydrogen-bond acceptors (Lipinski definition) is 5. The Bertz CT molecular complexity index is 757. The molecule has 0 bridgehead atoms. The van der Waals surface area contributed by atoms with Crippen LogP contribution in [0.1, 0.15) is 33.3 Å². The Morgan fingerprint density at radius 2 is 2.10 bits per heavy atom. The van der Waals surface area contributed by atoms with Gasteiger partial charge in [-0.05, 0) is 17.5 Å². The monoisotopic (exact) mass is 297 g/mol. The lowest BCUT2D eigenvalue weighted by Crippen LogP contribution is -2.30. The van der Waals surface area contributed by atoms with Crippen LogP contribution in [0.15, 0.2) is 24.3 Å². The molecule has 0 unspecified atom stereocenters. The maximum atomic E-state index is 11.6. The third-order valence-electron chi connectivity index (χ3n) is 3.78. The molecule has 0 saturated heterocycles. The van der Waals surface area contributed by atoms with Gasteiger partial charge in [-0.25, -0.2) is 0 Å². The third kappa shape index (κ3) is 2.28. The molecule has 2 N–H and O–H groups in total. The molecule has 4 nitrogen and oxygen atoms in total. The van der Waals surface area contributed by atoms with Crippen molar-refractivity contribution >= 4 is 27.8 Å². The SMILES string of the molecule is CC(=O)c1sc(N2CCc3ccccc3C2)c(C#N)c1N. The lowest BCUT2D eigenvalue weighted by molar-refractivity contribution is 0.102. The highest BCUT2D eigenvalue weighted by molar-refractivity contribution is 7.19. The van der Waals surface area contributed by atoms with Crippen molar-refractivity contribution in [3.8, 4) is 6.07 Å². The number of thiophene rings is 1. The molecule has 0 atom stereocenters. The average molecular weight is 297 g/mol. The summed E-state index contributed by atoms with van der Waals surface area (Å²) in [5, 5.41) is 10.2. The zero-order valence-corrected chi connectivity index (χ0v) is 12.5. The molecule has 0 radical (unpaired) electrons. The van der Waals surface area contributed by atoms with Gasteiger partial charge in [0.1, 0.15) is 16.6 Å². The largest absolute Gasteiger partial charge is 0.396 e. The van der Waals surface area contributed by atoms with E-state index in [1.165, 1.54) is 29.4 Å². The summed E-state index contributed by atoms with van der Waals surface area (Å²) in [4.78, 5) is 14.3. The third-order valence-corrected chi connectivity index (χ3v) is 5.14. The Kier molecular flexibility index (Phi) is 3.40. The van der Waals surface area contributed by atoms with Gasteiger partial charge in [0.25, 0.3) is 0 Å². The zero-order chi connectivity index (χ0) is 15.0. The first kappa shape index (κ1) is 13.7. The predicted molar refractivity (Wildman–Crippen MR) is 84.6 cm³/mol. The van der Waals surface area contributed by atoms with Gasteiger partial charge in [-0.15, -0.1) is 11.3 Å². The highest BCUT2D eigenvalue weighted by atomic mass is 32.1. The minimum absolute atomic E-state index is 0.0855. The van der Waals surface area contributed by atoms with Crippen LogP contribution >= 0.6 is 11.3 Å². The number of ketones is 1. The average Bonchev–Trinajstić information content (AvgIpc) is 2.83. The van der Waals surface area contributed by atoms with E-state index in [0.29, 0.717) is 16.1 Å². The summed E-state index contributed by atoms with van der Waals surface area (Å²) >= 11 is 1.33. The highest BCUT2D eigenvalue weighted by Crippen LogP contribution is 2.39. The van der Waals surface area contributed by atoms with Crippen molar-refractivity contribution in [1.29, 1.82) is 5.26 Å². The Hall–Kier alpha value is -2.32. The number of fused-ring (bicyclic) bond motifs is 1. The molecular weight excluding hydrogens is 282 g/mol. The van der Waals surface area contributed by atoms with Crippen LogP contribution < -0.4 is 10.6 Å². The van der Waals surface area contributed by atoms with Gasteiger partial charge in [-0.2, -0.15) is 5.26 Å². The fraction of sp³-hybridized carbons (Fsp3) is 0.250. The zero-order valence-electron chi connectivity index (χ0n) is 11.7. The number of hydrogen-bond donors (Lipinski definition) is 1. The van der Waals surface area contributed by atoms with Gasteiger partial charge < -0.3 is 10.6 Å². The summed E-state index contributed by atoms with van der Waals surface area (Å²) in [7, 11) is 0. The summed E-state index contributed by atoms with van der Waals surface area (Å²) in [6, 6.07) is 10.5. The van der Waals surface area contributed by atoms with E-state index >= 15 is 0 Å². The maximum absolute atomic E-state index is 11.6. The number of nitrogens with zero attached hydrogens (tertiary/aromatic N) is 2. The maximum Gasteiger partial charge on any atom is 0.171 e. The smallest absolute Gasteiger partial charge is 0.171 e. The first-order valence-electron chi connectivity index (χ1n) is 6.77. The van der Waals surface area contributed by atoms with Crippen LogP contribution in [0.3, 0.4) is 0 Å². The Labute approximate surface area is 127 Å². The summed E-state index contributed by atoms with van der Waals surface area (Å²) in [5.41, 5.74) is 9.33. The molecule has 2 aromatic rings. The molecule has 21 heavy (non-hydrogen) atoms. The number of nitriles is 1. The van der Waals surface area contributed by atoms with E-state index in [-0.39, 0.29) is 5.78 Å². The van der Waals surface area contributed by atoms with E-state index in [0.717, 1.165) is 24.5 Å². The molecule has 0 fully saturated rings. The van der Waals surface area contributed by atoms with Crippen molar-refractivity contribution in [2.75, 3.05) is 17.2 Å². The number of nitrogen functional groups attached to an aromatic ring is 1. The van der Waals surface area contributed by atoms with Crippen molar-refractivity contribution in [2.45, 2.75) is 19.9 Å². The Balaban J connectivity index is 2.01. The van der Waals surface area contributed by atoms with E-state index in [2.05, 4.69) is 23.1 Å². The van der Waals surface area contributed by atoms with Crippen LogP contribution in [0.25, 0.3) is 0 Å². The number of benzene rings is 1. The number of carbonyl (C=O) groups is 1. The van der Waals surface area contributed by atoms with Crippen LogP contribution in [0, 0.1) is 11.3 Å². The van der Waals surface area contributed by atoms with E-state index in [9.17, 15) is 10.1 Å². The van der Waals surface area contributed by atoms with Crippen LogP contribution in [-0.2, 0) is 13.0 Å². The molecule has 0 saturated carbocycles. The first-order valence-corrected chi connectivity index (χ1v) is 7.58. The molecule has 0 spiro atoms. The van der Waals surface area contributed by atoms with E-state index in [4.69, 9.17) is 5.73 Å². The number of carbonyl (C=O) groups excluding carboxylic acids is 1. The second kappa shape index (κ2) is 5.23. The molecule has 5 heteroatoms. The molecule has 1 aliphatic rings. The summed E-state index contributed by atoms with van der Waals surface area (Å²) in [6.45, 7) is 3.07. The fourth-order valence-electron chi connectivity index (χ4n) is 2.69. The van der Waals surface area contributed by atoms with Gasteiger partial charge in [0.2, 0.25) is 0 Å². The van der Waals surface area contributed by atoms with Gasteiger partial charge >= 0.3 is 0 Å². The van der Waals surface area contributed by atoms with Gasteiger partial charge in [0.05, 0.1) is 10.6 Å². The standard InChI is InChI=1S/C16H15N3OS/c1-10(20)15-14(18)13(8-17)16(21-15)19-7-6-11-4-2-3-5-12(11)9-19/h2-5H,6-7,9,18H2,1H3. The van der Waals surface area contributed by atoms with Gasteiger partial charge in [-0.1, -0.05) is 24.3 Å². The van der Waals surface area contributed by atoms with Crippen LogP contribution in [0.2, 0.25) is 0 Å². The first-order chi connectivity index (χ1) is 10.1. The normalized spacial score (nSPS) is 13.6. The summed E-state index contributed by atoms with van der Waals surface area (Å²) < 4.78 is 0. The summed E-state index contributed by atoms with van der Waals surface area (Å²) in [5.74, 6) is -0.0855. The van der Waals surface area contributed by atoms with Crippen molar-refractivity contribution in [2.24, 2.45) is 0 Å². The quantitative estimate of drug-likeness (QED) is 0.865. The Morgan fingerprint density at radius 3 is 2.76 bits per heavy atom. The number of nitrogens with two attached hydrogens (primary N) is 1. The minimum atomic E-state index is -0.0855. The second-order valence-electron chi connectivity index (χ2n) is 5.13. The van der Waals surface area contributed by atoms with Crippen molar-refractivity contribution in [3.63, 3.8) is 0 Å². The van der Waals surface area contributed by atoms with Gasteiger partial charge in [0.15, 0.2) is 5.78 Å². The van der Waals surface area contributed by atoms with Crippen LogP contribution in [0.4, 0.5) is 10.7 Å². The van der Waals surface area contributed by atoms with Crippen LogP contribution in [-0.4, -0.2) is 12.3 Å². The lowest BCUT2D eigenvalue weighted by atomic mass is 10.00. The molecule has 106 valence electrons. The number of Topliss-reactive ketones (excluding diaryl/α,β-unsaturated/α-hetero) is 1. The van der Waals surface area contributed by atoms with Crippen molar-refractivity contribution in [3.05, 3.63) is 45.8 Å². The van der Waals surface area contributed by atoms with E-state index in [1.54, 1.807) is 0 Å². The van der Waals surface area contributed by atoms with E-state index < -0.39 is 0 Å². The molecule has 0 amide bonds. The Morgan fingerprint density at radius 1 is 1.38 bits per heavy atom. The number of rotatable bonds is 2. The van der Waals surface area contributed by atoms with Crippen LogP contribution in [0.5, 0.6) is 0 Å². The molecule has 1 aromatic heterocycles. The molecule has 1 aromatic carbocycles. The minimum Gasteiger partial charge on any atom is -0.396 e. The summed E-state index contributed by atoms with van der Waals surface area (Å²) in [6.07, 6.45) is 0.939.